The van der Waals surface area contributed by atoms with Gasteiger partial charge in [0.2, 0.25) is 0 Å². The van der Waals surface area contributed by atoms with Gasteiger partial charge in [-0.3, -0.25) is 14.7 Å². The van der Waals surface area contributed by atoms with Gasteiger partial charge >= 0.3 is 0 Å². The minimum absolute atomic E-state index is 0.268. The Labute approximate surface area is 187 Å². The van der Waals surface area contributed by atoms with Crippen LogP contribution in [0.2, 0.25) is 0 Å². The van der Waals surface area contributed by atoms with Gasteiger partial charge in [-0.2, -0.15) is 5.10 Å². The molecule has 1 fully saturated rings. The number of sulfone groups is 1. The fourth-order valence-corrected chi connectivity index (χ4v) is 5.16. The van der Waals surface area contributed by atoms with Crippen LogP contribution in [-0.4, -0.2) is 47.5 Å². The Kier molecular flexibility index (Phi) is 5.46. The minimum atomic E-state index is -3.30. The van der Waals surface area contributed by atoms with E-state index in [-0.39, 0.29) is 4.90 Å². The molecule has 0 N–H and O–H groups in total. The molecule has 1 aliphatic heterocycles. The molecule has 0 amide bonds. The number of amidine groups is 1. The van der Waals surface area contributed by atoms with E-state index in [1.54, 1.807) is 30.6 Å². The summed E-state index contributed by atoms with van der Waals surface area (Å²) in [6.45, 7) is 0.437. The summed E-state index contributed by atoms with van der Waals surface area (Å²) < 4.78 is 26.1. The number of aromatic nitrogens is 3. The topological polar surface area (TPSA) is 89.6 Å². The standard InChI is InChI=1S/C24H25N5O2S/c1-32(30,31)20-9-5-6-18(14-20)24-26-16-22(28-24)21-15-27-29(19-7-3-2-4-8-19)23(21)17-10-12-25-13-11-17/h5-6,9-15,19H,2-4,7-8,16H2,1H3. The van der Waals surface area contributed by atoms with E-state index in [0.29, 0.717) is 24.0 Å². The third-order valence-corrected chi connectivity index (χ3v) is 7.23. The molecule has 0 unspecified atom stereocenters. The van der Waals surface area contributed by atoms with Gasteiger partial charge in [0.1, 0.15) is 0 Å². The molecule has 0 saturated heterocycles. The summed E-state index contributed by atoms with van der Waals surface area (Å²) in [5, 5.41) is 4.79. The predicted octanol–water partition coefficient (Wildman–Crippen LogP) is 4.10. The molecule has 0 spiro atoms. The van der Waals surface area contributed by atoms with E-state index < -0.39 is 9.84 Å². The normalized spacial score (nSPS) is 17.3. The average molecular weight is 448 g/mol. The van der Waals surface area contributed by atoms with Gasteiger partial charge in [0.05, 0.1) is 35.1 Å². The first-order valence-corrected chi connectivity index (χ1v) is 12.8. The van der Waals surface area contributed by atoms with E-state index in [9.17, 15) is 8.42 Å². The second kappa shape index (κ2) is 8.43. The lowest BCUT2D eigenvalue weighted by atomic mass is 9.94. The zero-order valence-corrected chi connectivity index (χ0v) is 18.8. The van der Waals surface area contributed by atoms with Crippen molar-refractivity contribution in [2.75, 3.05) is 12.8 Å². The lowest BCUT2D eigenvalue weighted by Gasteiger charge is -2.24. The highest BCUT2D eigenvalue weighted by Crippen LogP contribution is 2.34. The zero-order chi connectivity index (χ0) is 22.1. The monoisotopic (exact) mass is 447 g/mol. The molecule has 2 aromatic heterocycles. The van der Waals surface area contributed by atoms with Crippen LogP contribution in [0.15, 0.2) is 69.9 Å². The summed E-state index contributed by atoms with van der Waals surface area (Å²) in [7, 11) is -3.30. The molecule has 32 heavy (non-hydrogen) atoms. The van der Waals surface area contributed by atoms with Gasteiger partial charge in [0.25, 0.3) is 0 Å². The molecule has 2 aliphatic rings. The van der Waals surface area contributed by atoms with Gasteiger partial charge in [0, 0.05) is 35.3 Å². The van der Waals surface area contributed by atoms with Crippen LogP contribution in [0.5, 0.6) is 0 Å². The maximum absolute atomic E-state index is 11.9. The van der Waals surface area contributed by atoms with E-state index in [4.69, 9.17) is 10.1 Å². The quantitative estimate of drug-likeness (QED) is 0.589. The number of nitrogens with zero attached hydrogens (tertiary/aromatic N) is 5. The molecule has 5 rings (SSSR count). The molecule has 0 radical (unpaired) electrons. The maximum Gasteiger partial charge on any atom is 0.175 e. The van der Waals surface area contributed by atoms with E-state index in [1.807, 2.05) is 24.4 Å². The third-order valence-electron chi connectivity index (χ3n) is 6.12. The largest absolute Gasteiger partial charge is 0.265 e. The van der Waals surface area contributed by atoms with Gasteiger partial charge in [-0.1, -0.05) is 31.4 Å². The molecular weight excluding hydrogens is 422 g/mol. The SMILES string of the molecule is CS(=O)(=O)c1cccc(C2=NCC(c3cnn(C4CCCCC4)c3-c3ccncc3)=N2)c1. The first-order valence-electron chi connectivity index (χ1n) is 10.9. The van der Waals surface area contributed by atoms with Crippen LogP contribution in [0.3, 0.4) is 0 Å². The molecular formula is C24H25N5O2S. The Morgan fingerprint density at radius 1 is 1.00 bits per heavy atom. The average Bonchev–Trinajstić information content (AvgIpc) is 3.47. The Hall–Kier alpha value is -3.13. The van der Waals surface area contributed by atoms with Crippen LogP contribution in [0.4, 0.5) is 0 Å². The molecule has 1 aliphatic carbocycles. The lowest BCUT2D eigenvalue weighted by molar-refractivity contribution is 0.332. The molecule has 8 heteroatoms. The van der Waals surface area contributed by atoms with Crippen LogP contribution in [-0.2, 0) is 9.84 Å². The van der Waals surface area contributed by atoms with Crippen molar-refractivity contribution < 1.29 is 8.42 Å². The molecule has 3 aromatic rings. The van der Waals surface area contributed by atoms with Crippen LogP contribution >= 0.6 is 0 Å². The predicted molar refractivity (Wildman–Crippen MR) is 125 cm³/mol. The highest BCUT2D eigenvalue weighted by Gasteiger charge is 2.26. The summed E-state index contributed by atoms with van der Waals surface area (Å²) >= 11 is 0. The van der Waals surface area contributed by atoms with Crippen molar-refractivity contribution in [2.45, 2.75) is 43.0 Å². The van der Waals surface area contributed by atoms with E-state index in [2.05, 4.69) is 14.7 Å². The van der Waals surface area contributed by atoms with Crippen LogP contribution in [0.25, 0.3) is 11.3 Å². The van der Waals surface area contributed by atoms with Gasteiger partial charge in [-0.25, -0.2) is 13.4 Å². The van der Waals surface area contributed by atoms with E-state index in [1.165, 1.54) is 25.5 Å². The van der Waals surface area contributed by atoms with Crippen molar-refractivity contribution in [2.24, 2.45) is 9.98 Å². The highest BCUT2D eigenvalue weighted by atomic mass is 32.2. The fourth-order valence-electron chi connectivity index (χ4n) is 4.49. The Balaban J connectivity index is 1.54. The van der Waals surface area contributed by atoms with E-state index >= 15 is 0 Å². The molecule has 0 bridgehead atoms. The molecule has 1 saturated carbocycles. The summed E-state index contributed by atoms with van der Waals surface area (Å²) in [5.74, 6) is 0.552. The van der Waals surface area contributed by atoms with Crippen LogP contribution in [0, 0.1) is 0 Å². The fraction of sp³-hybridized carbons (Fsp3) is 0.333. The highest BCUT2D eigenvalue weighted by molar-refractivity contribution is 7.90. The first kappa shape index (κ1) is 20.8. The zero-order valence-electron chi connectivity index (χ0n) is 18.0. The molecule has 3 heterocycles. The molecule has 0 atom stereocenters. The number of hydrogen-bond donors (Lipinski definition) is 0. The molecule has 7 nitrogen and oxygen atoms in total. The van der Waals surface area contributed by atoms with Crippen molar-refractivity contribution in [3.05, 3.63) is 66.1 Å². The third kappa shape index (κ3) is 4.02. The smallest absolute Gasteiger partial charge is 0.175 e. The van der Waals surface area contributed by atoms with Crippen molar-refractivity contribution in [1.29, 1.82) is 0 Å². The second-order valence-electron chi connectivity index (χ2n) is 8.38. The number of pyridine rings is 1. The summed E-state index contributed by atoms with van der Waals surface area (Å²) in [6, 6.07) is 11.2. The van der Waals surface area contributed by atoms with Crippen molar-refractivity contribution in [1.82, 2.24) is 14.8 Å². The molecule has 164 valence electrons. The van der Waals surface area contributed by atoms with E-state index in [0.717, 1.165) is 35.4 Å². The van der Waals surface area contributed by atoms with Crippen LogP contribution < -0.4 is 0 Å². The lowest BCUT2D eigenvalue weighted by Crippen LogP contribution is -2.16. The maximum atomic E-state index is 11.9. The van der Waals surface area contributed by atoms with Crippen molar-refractivity contribution >= 4 is 21.4 Å². The first-order chi connectivity index (χ1) is 15.5. The Morgan fingerprint density at radius 2 is 1.78 bits per heavy atom. The number of hydrogen-bond acceptors (Lipinski definition) is 6. The number of benzene rings is 1. The van der Waals surface area contributed by atoms with Gasteiger partial charge in [0.15, 0.2) is 15.7 Å². The summed E-state index contributed by atoms with van der Waals surface area (Å²) in [4.78, 5) is 13.9. The van der Waals surface area contributed by atoms with Crippen LogP contribution in [0.1, 0.15) is 49.3 Å². The summed E-state index contributed by atoms with van der Waals surface area (Å²) in [5.41, 5.74) is 4.64. The van der Waals surface area contributed by atoms with Gasteiger partial charge in [-0.15, -0.1) is 0 Å². The Morgan fingerprint density at radius 3 is 2.53 bits per heavy atom. The van der Waals surface area contributed by atoms with Gasteiger partial charge < -0.3 is 0 Å². The Bertz CT molecular complexity index is 1300. The minimum Gasteiger partial charge on any atom is -0.265 e. The number of rotatable bonds is 5. The van der Waals surface area contributed by atoms with Crippen molar-refractivity contribution in [3.63, 3.8) is 0 Å². The van der Waals surface area contributed by atoms with Gasteiger partial charge in [-0.05, 0) is 37.1 Å². The molecule has 1 aromatic carbocycles. The van der Waals surface area contributed by atoms with Crippen molar-refractivity contribution in [3.8, 4) is 11.3 Å². The second-order valence-corrected chi connectivity index (χ2v) is 10.4. The number of aliphatic imine (C=N–C) groups is 2. The summed E-state index contributed by atoms with van der Waals surface area (Å²) in [6.07, 6.45) is 12.7.